The first-order valence-electron chi connectivity index (χ1n) is 12.4. The molecule has 0 radical (unpaired) electrons. The summed E-state index contributed by atoms with van der Waals surface area (Å²) < 4.78 is 10.1. The second-order valence-corrected chi connectivity index (χ2v) is 7.98. The highest BCUT2D eigenvalue weighted by molar-refractivity contribution is 5.81. The number of aliphatic hydroxyl groups excluding tert-OH is 6. The van der Waals surface area contributed by atoms with Crippen LogP contribution in [-0.4, -0.2) is 140 Å². The molecular weight excluding hydrogens is 608 g/mol. The Morgan fingerprint density at radius 3 is 0.956 bits per heavy atom. The molecule has 0 saturated heterocycles. The highest BCUT2D eigenvalue weighted by atomic mass is 16.5. The Hall–Kier alpha value is -4.23. The van der Waals surface area contributed by atoms with Crippen molar-refractivity contribution >= 4 is 29.8 Å². The van der Waals surface area contributed by atoms with E-state index in [0.717, 1.165) is 36.8 Å². The summed E-state index contributed by atoms with van der Waals surface area (Å²) in [5.41, 5.74) is -2.05. The zero-order valence-corrected chi connectivity index (χ0v) is 25.3. The Balaban J connectivity index is -0.000000111. The third kappa shape index (κ3) is 44.3. The van der Waals surface area contributed by atoms with E-state index in [4.69, 9.17) is 50.3 Å². The predicted molar refractivity (Wildman–Crippen MR) is 161 cm³/mol. The highest BCUT2D eigenvalue weighted by Gasteiger charge is 2.31. The lowest BCUT2D eigenvalue weighted by molar-refractivity contribution is -0.147. The van der Waals surface area contributed by atoms with Gasteiger partial charge in [-0.15, -0.1) is 0 Å². The monoisotopic (exact) mass is 656 g/mol. The molecule has 0 fully saturated rings. The van der Waals surface area contributed by atoms with Gasteiger partial charge in [0.1, 0.15) is 6.61 Å². The molecule has 17 nitrogen and oxygen atoms in total. The van der Waals surface area contributed by atoms with Crippen LogP contribution in [0.4, 0.5) is 0 Å². The van der Waals surface area contributed by atoms with Gasteiger partial charge in [-0.2, -0.15) is 0 Å². The number of rotatable bonds is 17. The van der Waals surface area contributed by atoms with Crippen LogP contribution in [0, 0.1) is 10.8 Å². The number of hydrogen-bond acceptors (Lipinski definition) is 13. The summed E-state index contributed by atoms with van der Waals surface area (Å²) in [4.78, 5) is 47.9. The van der Waals surface area contributed by atoms with E-state index in [1.807, 2.05) is 6.92 Å². The zero-order valence-electron chi connectivity index (χ0n) is 25.3. The molecule has 0 aromatic heterocycles. The molecule has 0 spiro atoms. The number of carbonyl (C=O) groups is 5. The molecule has 45 heavy (non-hydrogen) atoms. The molecule has 0 bridgehead atoms. The number of aliphatic carboxylic acids is 4. The van der Waals surface area contributed by atoms with E-state index in [-0.39, 0.29) is 26.4 Å². The van der Waals surface area contributed by atoms with Gasteiger partial charge < -0.3 is 60.5 Å². The molecule has 0 aromatic carbocycles. The van der Waals surface area contributed by atoms with Crippen molar-refractivity contribution in [1.29, 1.82) is 0 Å². The Bertz CT molecular complexity index is 755. The number of esters is 1. The third-order valence-electron chi connectivity index (χ3n) is 4.15. The van der Waals surface area contributed by atoms with Crippen LogP contribution in [0.25, 0.3) is 0 Å². The zero-order chi connectivity index (χ0) is 36.9. The predicted octanol–water partition coefficient (Wildman–Crippen LogP) is -0.917. The molecule has 0 saturated carbocycles. The van der Waals surface area contributed by atoms with Gasteiger partial charge in [-0.1, -0.05) is 39.8 Å². The largest absolute Gasteiger partial charge is 0.478 e. The molecule has 0 rings (SSSR count). The van der Waals surface area contributed by atoms with E-state index >= 15 is 0 Å². The fraction of sp³-hybridized carbons (Fsp3) is 0.464. The van der Waals surface area contributed by atoms with E-state index in [2.05, 4.69) is 32.9 Å². The van der Waals surface area contributed by atoms with Gasteiger partial charge in [0.2, 0.25) is 0 Å². The second kappa shape index (κ2) is 37.8. The molecule has 0 aliphatic heterocycles. The van der Waals surface area contributed by atoms with Crippen LogP contribution in [0.1, 0.15) is 13.3 Å². The van der Waals surface area contributed by atoms with Crippen molar-refractivity contribution < 1.29 is 84.5 Å². The summed E-state index contributed by atoms with van der Waals surface area (Å²) in [6, 6.07) is 0. The summed E-state index contributed by atoms with van der Waals surface area (Å²) in [6.07, 6.45) is 5.21. The lowest BCUT2D eigenvalue weighted by atomic mass is 9.92. The minimum absolute atomic E-state index is 0.0887. The van der Waals surface area contributed by atoms with E-state index in [0.29, 0.717) is 6.61 Å². The fourth-order valence-electron chi connectivity index (χ4n) is 1.29. The first-order valence-corrected chi connectivity index (χ1v) is 12.4. The Morgan fingerprint density at radius 2 is 0.800 bits per heavy atom. The van der Waals surface area contributed by atoms with Gasteiger partial charge in [0.05, 0.1) is 57.1 Å². The smallest absolute Gasteiger partial charge is 0.330 e. The van der Waals surface area contributed by atoms with Gasteiger partial charge in [-0.25, -0.2) is 24.0 Å². The topological polar surface area (TPSA) is 306 Å². The van der Waals surface area contributed by atoms with Gasteiger partial charge in [0.25, 0.3) is 0 Å². The first-order chi connectivity index (χ1) is 21.0. The normalized spacial score (nSPS) is 9.22. The van der Waals surface area contributed by atoms with Crippen molar-refractivity contribution in [1.82, 2.24) is 0 Å². The maximum absolute atomic E-state index is 10.9. The summed E-state index contributed by atoms with van der Waals surface area (Å²) in [5, 5.41) is 82.8. The molecule has 0 aliphatic carbocycles. The van der Waals surface area contributed by atoms with E-state index < -0.39 is 67.1 Å². The molecule has 17 heteroatoms. The maximum atomic E-state index is 10.9. The van der Waals surface area contributed by atoms with Gasteiger partial charge in [-0.3, -0.25) is 0 Å². The number of carbonyl (C=O) groups excluding carboxylic acids is 1. The van der Waals surface area contributed by atoms with Gasteiger partial charge in [0.15, 0.2) is 0 Å². The molecule has 0 atom stereocenters. The fourth-order valence-corrected chi connectivity index (χ4v) is 1.29. The number of ether oxygens (including phenoxy) is 2. The Kier molecular flexibility index (Phi) is 44.8. The van der Waals surface area contributed by atoms with Gasteiger partial charge in [-0.05, 0) is 6.42 Å². The summed E-state index contributed by atoms with van der Waals surface area (Å²) in [6.45, 7) is 15.4. The van der Waals surface area contributed by atoms with Gasteiger partial charge in [0, 0.05) is 37.0 Å². The molecular formula is C28H48O17. The first kappa shape index (κ1) is 53.3. The van der Waals surface area contributed by atoms with E-state index in [1.54, 1.807) is 0 Å². The minimum atomic E-state index is -1.11. The van der Waals surface area contributed by atoms with Crippen LogP contribution < -0.4 is 0 Å². The van der Waals surface area contributed by atoms with Crippen LogP contribution in [0.2, 0.25) is 0 Å². The summed E-state index contributed by atoms with van der Waals surface area (Å²) >= 11 is 0. The second-order valence-electron chi connectivity index (χ2n) is 7.98. The van der Waals surface area contributed by atoms with Crippen molar-refractivity contribution in [3.8, 4) is 0 Å². The maximum Gasteiger partial charge on any atom is 0.330 e. The highest BCUT2D eigenvalue weighted by Crippen LogP contribution is 2.17. The number of carboxylic acid groups (broad SMARTS) is 4. The SMILES string of the molecule is C=CC(=O)O.C=CC(=O)O.C=CC(=O)O.C=CC(=O)O.C=CC(=O)OCC(CO)(CO)COCCC.OCC(CO)(CO)CO. The number of hydrogen-bond donors (Lipinski definition) is 10. The van der Waals surface area contributed by atoms with Crippen LogP contribution in [0.5, 0.6) is 0 Å². The van der Waals surface area contributed by atoms with Crippen molar-refractivity contribution in [2.45, 2.75) is 13.3 Å². The lowest BCUT2D eigenvalue weighted by Gasteiger charge is -2.28. The van der Waals surface area contributed by atoms with Crippen molar-refractivity contribution in [3.05, 3.63) is 63.3 Å². The molecule has 0 amide bonds. The molecule has 0 aliphatic rings. The van der Waals surface area contributed by atoms with Crippen molar-refractivity contribution in [2.24, 2.45) is 10.8 Å². The van der Waals surface area contributed by atoms with Crippen LogP contribution >= 0.6 is 0 Å². The molecule has 0 heterocycles. The van der Waals surface area contributed by atoms with Crippen LogP contribution in [-0.2, 0) is 33.4 Å². The third-order valence-corrected chi connectivity index (χ3v) is 4.15. The van der Waals surface area contributed by atoms with Crippen molar-refractivity contribution in [2.75, 3.05) is 59.5 Å². The van der Waals surface area contributed by atoms with E-state index in [9.17, 15) is 34.2 Å². The van der Waals surface area contributed by atoms with E-state index in [1.165, 1.54) is 0 Å². The molecule has 0 unspecified atom stereocenters. The minimum Gasteiger partial charge on any atom is -0.478 e. The Labute approximate surface area is 261 Å². The average molecular weight is 657 g/mol. The number of aliphatic hydroxyl groups is 6. The number of carboxylic acids is 4. The van der Waals surface area contributed by atoms with Gasteiger partial charge >= 0.3 is 29.8 Å². The molecule has 10 N–H and O–H groups in total. The lowest BCUT2D eigenvalue weighted by Crippen LogP contribution is -2.40. The van der Waals surface area contributed by atoms with Crippen LogP contribution in [0.15, 0.2) is 63.3 Å². The Morgan fingerprint density at radius 1 is 0.533 bits per heavy atom. The summed E-state index contributed by atoms with van der Waals surface area (Å²) in [7, 11) is 0. The van der Waals surface area contributed by atoms with Crippen molar-refractivity contribution in [3.63, 3.8) is 0 Å². The van der Waals surface area contributed by atoms with Crippen LogP contribution in [0.3, 0.4) is 0 Å². The average Bonchev–Trinajstić information content (AvgIpc) is 3.05. The molecule has 0 aromatic rings. The molecule has 262 valence electrons. The standard InChI is InChI=1S/C11H20O5.C5H12O4.4C3H4O2/c1-3-5-15-8-11(6-12,7-13)9-16-10(14)4-2;6-1-5(2-7,3-8)4-9;4*1-2-3(4)5/h4,12-13H,2-3,5-9H2,1H3;6-9H,1-4H2;4*2H,1H2,(H,4,5). The summed E-state index contributed by atoms with van der Waals surface area (Å²) in [5.74, 6) is -4.51. The quantitative estimate of drug-likeness (QED) is 0.0514.